The van der Waals surface area contributed by atoms with Crippen LogP contribution in [0.15, 0.2) is 34.7 Å². The zero-order valence-corrected chi connectivity index (χ0v) is 17.4. The Kier molecular flexibility index (Phi) is 5.17. The topological polar surface area (TPSA) is 93.0 Å². The Morgan fingerprint density at radius 2 is 1.93 bits per heavy atom. The molecule has 28 heavy (non-hydrogen) atoms. The molecule has 0 aromatic carbocycles. The number of nitrogens with one attached hydrogen (secondary N) is 1. The molecule has 4 heterocycles. The van der Waals surface area contributed by atoms with Crippen LogP contribution in [0.25, 0.3) is 10.6 Å². The summed E-state index contributed by atoms with van der Waals surface area (Å²) >= 11 is 1.24. The van der Waals surface area contributed by atoms with E-state index in [4.69, 9.17) is 0 Å². The molecule has 0 saturated carbocycles. The van der Waals surface area contributed by atoms with E-state index in [1.54, 1.807) is 27.3 Å². The van der Waals surface area contributed by atoms with Gasteiger partial charge in [-0.05, 0) is 38.0 Å². The third kappa shape index (κ3) is 3.80. The van der Waals surface area contributed by atoms with Gasteiger partial charge in [-0.2, -0.15) is 9.40 Å². The highest BCUT2D eigenvalue weighted by Crippen LogP contribution is 2.32. The predicted octanol–water partition coefficient (Wildman–Crippen LogP) is 3.17. The van der Waals surface area contributed by atoms with Gasteiger partial charge in [-0.3, -0.25) is 4.68 Å². The lowest BCUT2D eigenvalue weighted by Crippen LogP contribution is -2.35. The van der Waals surface area contributed by atoms with E-state index in [-0.39, 0.29) is 0 Å². The first kappa shape index (κ1) is 19.0. The maximum atomic E-state index is 12.9. The number of aryl methyl sites for hydroxylation is 2. The molecule has 0 spiro atoms. The smallest absolute Gasteiger partial charge is 0.252 e. The van der Waals surface area contributed by atoms with E-state index in [0.717, 1.165) is 35.7 Å². The summed E-state index contributed by atoms with van der Waals surface area (Å²) in [6.07, 6.45) is 4.60. The zero-order valence-electron chi connectivity index (χ0n) is 15.8. The minimum Gasteiger partial charge on any atom is -0.309 e. The standard InChI is InChI=1S/C18H22N6O2S2/c1-13-12-16(23(2)22-13)21-18-19-9-8-14(20-18)15-6-7-17(27-15)28(25,26)24-10-4-3-5-11-24/h6-9,12H,3-5,10-11H2,1-2H3,(H,19,20,21). The lowest BCUT2D eigenvalue weighted by Gasteiger charge is -2.25. The van der Waals surface area contributed by atoms with Crippen LogP contribution >= 0.6 is 11.3 Å². The molecule has 4 rings (SSSR count). The first-order valence-corrected chi connectivity index (χ1v) is 11.4. The highest BCUT2D eigenvalue weighted by molar-refractivity contribution is 7.91. The molecule has 0 amide bonds. The van der Waals surface area contributed by atoms with Crippen LogP contribution in [0.5, 0.6) is 0 Å². The number of rotatable bonds is 5. The van der Waals surface area contributed by atoms with Crippen molar-refractivity contribution in [3.05, 3.63) is 36.2 Å². The fourth-order valence-corrected chi connectivity index (χ4v) is 6.17. The van der Waals surface area contributed by atoms with Gasteiger partial charge in [0.05, 0.1) is 16.3 Å². The van der Waals surface area contributed by atoms with E-state index in [9.17, 15) is 8.42 Å². The van der Waals surface area contributed by atoms with Crippen LogP contribution in [0.1, 0.15) is 25.0 Å². The molecule has 0 radical (unpaired) electrons. The third-order valence-corrected chi connectivity index (χ3v) is 8.11. The van der Waals surface area contributed by atoms with Gasteiger partial charge in [-0.25, -0.2) is 18.4 Å². The van der Waals surface area contributed by atoms with E-state index in [1.807, 2.05) is 26.1 Å². The van der Waals surface area contributed by atoms with Crippen molar-refractivity contribution in [2.24, 2.45) is 7.05 Å². The summed E-state index contributed by atoms with van der Waals surface area (Å²) in [7, 11) is -1.59. The van der Waals surface area contributed by atoms with Gasteiger partial charge in [0, 0.05) is 32.4 Å². The Labute approximate surface area is 168 Å². The van der Waals surface area contributed by atoms with Crippen molar-refractivity contribution in [3.63, 3.8) is 0 Å². The summed E-state index contributed by atoms with van der Waals surface area (Å²) in [6, 6.07) is 7.17. The average Bonchev–Trinajstić information content (AvgIpc) is 3.30. The zero-order chi connectivity index (χ0) is 19.7. The summed E-state index contributed by atoms with van der Waals surface area (Å²) in [5.41, 5.74) is 1.58. The molecule has 1 N–H and O–H groups in total. The van der Waals surface area contributed by atoms with Crippen molar-refractivity contribution in [2.75, 3.05) is 18.4 Å². The quantitative estimate of drug-likeness (QED) is 0.684. The molecule has 3 aromatic heterocycles. The van der Waals surface area contributed by atoms with Gasteiger partial charge in [-0.15, -0.1) is 11.3 Å². The molecule has 0 unspecified atom stereocenters. The third-order valence-electron chi connectivity index (χ3n) is 4.64. The van der Waals surface area contributed by atoms with Crippen LogP contribution in [-0.4, -0.2) is 45.6 Å². The highest BCUT2D eigenvalue weighted by atomic mass is 32.2. The molecule has 10 heteroatoms. The average molecular weight is 419 g/mol. The number of hydrogen-bond acceptors (Lipinski definition) is 7. The van der Waals surface area contributed by atoms with Crippen LogP contribution in [-0.2, 0) is 17.1 Å². The lowest BCUT2D eigenvalue weighted by molar-refractivity contribution is 0.347. The molecule has 0 atom stereocenters. The van der Waals surface area contributed by atoms with Gasteiger partial charge in [0.15, 0.2) is 0 Å². The predicted molar refractivity (Wildman–Crippen MR) is 109 cm³/mol. The first-order valence-electron chi connectivity index (χ1n) is 9.14. The van der Waals surface area contributed by atoms with Crippen molar-refractivity contribution >= 4 is 33.1 Å². The number of piperidine rings is 1. The molecule has 1 aliphatic rings. The van der Waals surface area contributed by atoms with Gasteiger partial charge >= 0.3 is 0 Å². The summed E-state index contributed by atoms with van der Waals surface area (Å²) < 4.78 is 29.4. The second kappa shape index (κ2) is 7.61. The maximum Gasteiger partial charge on any atom is 0.252 e. The van der Waals surface area contributed by atoms with Gasteiger partial charge in [0.2, 0.25) is 5.95 Å². The van der Waals surface area contributed by atoms with Gasteiger partial charge in [-0.1, -0.05) is 6.42 Å². The molecular formula is C18H22N6O2S2. The van der Waals surface area contributed by atoms with Crippen LogP contribution in [0.2, 0.25) is 0 Å². The number of sulfonamides is 1. The van der Waals surface area contributed by atoms with Gasteiger partial charge < -0.3 is 5.32 Å². The largest absolute Gasteiger partial charge is 0.309 e. The Morgan fingerprint density at radius 3 is 2.64 bits per heavy atom. The van der Waals surface area contributed by atoms with Crippen molar-refractivity contribution in [1.29, 1.82) is 0 Å². The van der Waals surface area contributed by atoms with E-state index in [1.165, 1.54) is 11.3 Å². The second-order valence-corrected chi connectivity index (χ2v) is 10.0. The fraction of sp³-hybridized carbons (Fsp3) is 0.389. The van der Waals surface area contributed by atoms with Crippen LogP contribution < -0.4 is 5.32 Å². The van der Waals surface area contributed by atoms with Crippen molar-refractivity contribution in [1.82, 2.24) is 24.1 Å². The number of thiophene rings is 1. The summed E-state index contributed by atoms with van der Waals surface area (Å²) in [4.78, 5) is 9.58. The van der Waals surface area contributed by atoms with Gasteiger partial charge in [0.1, 0.15) is 10.0 Å². The van der Waals surface area contributed by atoms with Crippen LogP contribution in [0, 0.1) is 6.92 Å². The minimum absolute atomic E-state index is 0.361. The SMILES string of the molecule is Cc1cc(Nc2nccc(-c3ccc(S(=O)(=O)N4CCCCC4)s3)n2)n(C)n1. The number of hydrogen-bond donors (Lipinski definition) is 1. The van der Waals surface area contributed by atoms with Crippen LogP contribution in [0.4, 0.5) is 11.8 Å². The highest BCUT2D eigenvalue weighted by Gasteiger charge is 2.27. The molecule has 8 nitrogen and oxygen atoms in total. The van der Waals surface area contributed by atoms with Gasteiger partial charge in [0.25, 0.3) is 10.0 Å². The Bertz CT molecular complexity index is 1080. The monoisotopic (exact) mass is 418 g/mol. The molecule has 3 aromatic rings. The van der Waals surface area contributed by atoms with E-state index < -0.39 is 10.0 Å². The van der Waals surface area contributed by atoms with E-state index in [2.05, 4.69) is 20.4 Å². The van der Waals surface area contributed by atoms with Crippen molar-refractivity contribution < 1.29 is 8.42 Å². The molecule has 0 bridgehead atoms. The number of anilines is 2. The van der Waals surface area contributed by atoms with E-state index >= 15 is 0 Å². The summed E-state index contributed by atoms with van der Waals surface area (Å²) in [5.74, 6) is 1.23. The molecule has 148 valence electrons. The molecule has 1 fully saturated rings. The fourth-order valence-electron chi connectivity index (χ4n) is 3.23. The number of aromatic nitrogens is 4. The normalized spacial score (nSPS) is 15.6. The van der Waals surface area contributed by atoms with E-state index in [0.29, 0.717) is 28.9 Å². The second-order valence-electron chi connectivity index (χ2n) is 6.77. The Balaban J connectivity index is 1.58. The summed E-state index contributed by atoms with van der Waals surface area (Å²) in [5, 5.41) is 7.44. The Morgan fingerprint density at radius 1 is 1.14 bits per heavy atom. The molecule has 1 aliphatic heterocycles. The van der Waals surface area contributed by atoms with Crippen LogP contribution in [0.3, 0.4) is 0 Å². The molecular weight excluding hydrogens is 396 g/mol. The first-order chi connectivity index (χ1) is 13.4. The Hall–Kier alpha value is -2.30. The lowest BCUT2D eigenvalue weighted by atomic mass is 10.2. The number of nitrogens with zero attached hydrogens (tertiary/aromatic N) is 5. The van der Waals surface area contributed by atoms with Crippen molar-refractivity contribution in [3.8, 4) is 10.6 Å². The maximum absolute atomic E-state index is 12.9. The minimum atomic E-state index is -3.43. The van der Waals surface area contributed by atoms with Crippen molar-refractivity contribution in [2.45, 2.75) is 30.4 Å². The molecule has 0 aliphatic carbocycles. The summed E-state index contributed by atoms with van der Waals surface area (Å²) in [6.45, 7) is 3.11. The molecule has 1 saturated heterocycles.